The summed E-state index contributed by atoms with van der Waals surface area (Å²) in [5, 5.41) is 11.8. The number of urea groups is 1. The van der Waals surface area contributed by atoms with Gasteiger partial charge in [-0.3, -0.25) is 9.59 Å². The van der Waals surface area contributed by atoms with Gasteiger partial charge in [0.05, 0.1) is 18.2 Å². The Morgan fingerprint density at radius 3 is 2.42 bits per heavy atom. The van der Waals surface area contributed by atoms with Crippen molar-refractivity contribution in [1.82, 2.24) is 20.1 Å². The number of carbonyl (C=O) groups excluding carboxylic acids is 2. The van der Waals surface area contributed by atoms with E-state index in [4.69, 9.17) is 9.84 Å². The van der Waals surface area contributed by atoms with E-state index in [1.165, 1.54) is 48.0 Å². The number of rotatable bonds is 16. The van der Waals surface area contributed by atoms with E-state index in [0.29, 0.717) is 24.6 Å². The number of ether oxygens (including phenoxy) is 1. The standard InChI is InChI=1S/C30H40F3N5O5/c1-5-9-21(2)10-6-7-17-38(20-39)26(18-34-29(42)37(4)19-22(3)28(40)41)35-23-13-15-24(16-14-23)43-27-12-8-11-25(36-27)30(31,32)33/h8,11-16,20-22H,5-7,9-10,17-19H2,1-4H3,(H,34,42)(H,40,41)/t21-,22+/m1/s1. The summed E-state index contributed by atoms with van der Waals surface area (Å²) < 4.78 is 44.4. The van der Waals surface area contributed by atoms with Crippen molar-refractivity contribution >= 4 is 29.9 Å². The Balaban J connectivity index is 2.19. The second-order valence-corrected chi connectivity index (χ2v) is 10.4. The van der Waals surface area contributed by atoms with Crippen LogP contribution in [-0.4, -0.2) is 70.8 Å². The lowest BCUT2D eigenvalue weighted by molar-refractivity contribution is -0.142. The topological polar surface area (TPSA) is 124 Å². The van der Waals surface area contributed by atoms with Crippen molar-refractivity contribution in [2.45, 2.75) is 59.1 Å². The molecule has 1 heterocycles. The van der Waals surface area contributed by atoms with Crippen molar-refractivity contribution in [3.8, 4) is 11.6 Å². The van der Waals surface area contributed by atoms with Crippen LogP contribution in [0, 0.1) is 11.8 Å². The van der Waals surface area contributed by atoms with Gasteiger partial charge >= 0.3 is 18.2 Å². The summed E-state index contributed by atoms with van der Waals surface area (Å²) in [7, 11) is 1.47. The molecule has 2 aromatic rings. The summed E-state index contributed by atoms with van der Waals surface area (Å²) in [5.41, 5.74) is -0.667. The van der Waals surface area contributed by atoms with Gasteiger partial charge in [0.15, 0.2) is 0 Å². The molecule has 13 heteroatoms. The molecular weight excluding hydrogens is 567 g/mol. The third kappa shape index (κ3) is 12.3. The molecule has 0 aliphatic carbocycles. The van der Waals surface area contributed by atoms with E-state index in [0.717, 1.165) is 38.2 Å². The fraction of sp³-hybridized carbons (Fsp3) is 0.500. The number of halogens is 3. The lowest BCUT2D eigenvalue weighted by atomic mass is 9.99. The first-order valence-corrected chi connectivity index (χ1v) is 14.2. The predicted molar refractivity (Wildman–Crippen MR) is 156 cm³/mol. The van der Waals surface area contributed by atoms with Gasteiger partial charge in [0.25, 0.3) is 0 Å². The molecule has 0 bridgehead atoms. The molecule has 43 heavy (non-hydrogen) atoms. The van der Waals surface area contributed by atoms with E-state index in [9.17, 15) is 27.6 Å². The van der Waals surface area contributed by atoms with Gasteiger partial charge in [0, 0.05) is 26.2 Å². The number of amidine groups is 1. The highest BCUT2D eigenvalue weighted by Crippen LogP contribution is 2.30. The number of nitrogens with one attached hydrogen (secondary N) is 1. The maximum absolute atomic E-state index is 13.0. The lowest BCUT2D eigenvalue weighted by Gasteiger charge is -2.23. The molecule has 0 unspecified atom stereocenters. The van der Waals surface area contributed by atoms with Crippen LogP contribution in [0.1, 0.15) is 58.6 Å². The molecule has 2 atom stereocenters. The van der Waals surface area contributed by atoms with Crippen LogP contribution in [0.15, 0.2) is 47.5 Å². The monoisotopic (exact) mass is 607 g/mol. The average Bonchev–Trinajstić information content (AvgIpc) is 2.96. The fourth-order valence-corrected chi connectivity index (χ4v) is 4.21. The molecule has 2 N–H and O–H groups in total. The van der Waals surface area contributed by atoms with Crippen molar-refractivity contribution in [2.24, 2.45) is 16.8 Å². The first-order valence-electron chi connectivity index (χ1n) is 14.2. The third-order valence-electron chi connectivity index (χ3n) is 6.63. The molecule has 3 amide bonds. The Hall–Kier alpha value is -4.16. The Morgan fingerprint density at radius 1 is 1.12 bits per heavy atom. The number of amides is 3. The zero-order valence-corrected chi connectivity index (χ0v) is 24.9. The van der Waals surface area contributed by atoms with Crippen LogP contribution in [-0.2, 0) is 15.8 Å². The minimum absolute atomic E-state index is 0.0107. The van der Waals surface area contributed by atoms with Crippen LogP contribution in [0.2, 0.25) is 0 Å². The van der Waals surface area contributed by atoms with Crippen molar-refractivity contribution < 1.29 is 37.4 Å². The average molecular weight is 608 g/mol. The van der Waals surface area contributed by atoms with Gasteiger partial charge in [0.1, 0.15) is 17.3 Å². The first-order chi connectivity index (χ1) is 20.3. The minimum atomic E-state index is -4.61. The van der Waals surface area contributed by atoms with E-state index < -0.39 is 29.8 Å². The number of aliphatic carboxylic acids is 1. The number of aromatic nitrogens is 1. The molecule has 0 radical (unpaired) electrons. The quantitative estimate of drug-likeness (QED) is 0.0992. The minimum Gasteiger partial charge on any atom is -0.481 e. The molecule has 2 rings (SSSR count). The van der Waals surface area contributed by atoms with Crippen LogP contribution < -0.4 is 10.1 Å². The van der Waals surface area contributed by atoms with Crippen LogP contribution in [0.4, 0.5) is 23.7 Å². The highest BCUT2D eigenvalue weighted by Gasteiger charge is 2.32. The Kier molecular flexibility index (Phi) is 13.9. The Bertz CT molecular complexity index is 1220. The molecule has 0 spiro atoms. The number of hydrogen-bond acceptors (Lipinski definition) is 6. The van der Waals surface area contributed by atoms with Crippen LogP contribution in [0.5, 0.6) is 11.6 Å². The van der Waals surface area contributed by atoms with Crippen LogP contribution in [0.3, 0.4) is 0 Å². The van der Waals surface area contributed by atoms with Gasteiger partial charge in [-0.15, -0.1) is 0 Å². The SMILES string of the molecule is CCC[C@@H](C)CCCCN(C=O)C(CNC(=O)N(C)C[C@H](C)C(=O)O)=Nc1ccc(Oc2cccc(C(F)(F)F)n2)cc1. The molecule has 0 aliphatic rings. The smallest absolute Gasteiger partial charge is 0.433 e. The maximum atomic E-state index is 13.0. The van der Waals surface area contributed by atoms with Crippen molar-refractivity contribution in [3.63, 3.8) is 0 Å². The summed E-state index contributed by atoms with van der Waals surface area (Å²) in [6.07, 6.45) is 0.951. The number of alkyl halides is 3. The second-order valence-electron chi connectivity index (χ2n) is 10.4. The lowest BCUT2D eigenvalue weighted by Crippen LogP contribution is -2.45. The number of nitrogens with zero attached hydrogens (tertiary/aromatic N) is 4. The highest BCUT2D eigenvalue weighted by molar-refractivity contribution is 5.95. The second kappa shape index (κ2) is 17.1. The largest absolute Gasteiger partial charge is 0.481 e. The molecule has 0 aliphatic heterocycles. The summed E-state index contributed by atoms with van der Waals surface area (Å²) in [6.45, 7) is 6.09. The van der Waals surface area contributed by atoms with Crippen molar-refractivity contribution in [3.05, 3.63) is 48.2 Å². The third-order valence-corrected chi connectivity index (χ3v) is 6.63. The number of carboxylic acid groups (broad SMARTS) is 1. The molecule has 10 nitrogen and oxygen atoms in total. The zero-order valence-electron chi connectivity index (χ0n) is 24.9. The summed E-state index contributed by atoms with van der Waals surface area (Å²) in [6, 6.07) is 8.93. The molecule has 236 valence electrons. The number of benzene rings is 1. The van der Waals surface area contributed by atoms with Crippen molar-refractivity contribution in [2.75, 3.05) is 26.7 Å². The number of carbonyl (C=O) groups is 3. The Labute approximate surface area is 249 Å². The van der Waals surface area contributed by atoms with Gasteiger partial charge in [-0.05, 0) is 42.7 Å². The van der Waals surface area contributed by atoms with Gasteiger partial charge < -0.3 is 25.0 Å². The van der Waals surface area contributed by atoms with Crippen molar-refractivity contribution in [1.29, 1.82) is 0 Å². The van der Waals surface area contributed by atoms with Crippen LogP contribution >= 0.6 is 0 Å². The Morgan fingerprint density at radius 2 is 1.81 bits per heavy atom. The molecular formula is C30H40F3N5O5. The summed E-state index contributed by atoms with van der Waals surface area (Å²) >= 11 is 0. The molecule has 1 aromatic heterocycles. The van der Waals surface area contributed by atoms with E-state index in [2.05, 4.69) is 29.1 Å². The molecule has 1 aromatic carbocycles. The number of carboxylic acids is 1. The highest BCUT2D eigenvalue weighted by atomic mass is 19.4. The first kappa shape index (κ1) is 35.0. The van der Waals surface area contributed by atoms with E-state index >= 15 is 0 Å². The fourth-order valence-electron chi connectivity index (χ4n) is 4.21. The number of hydrogen-bond donors (Lipinski definition) is 2. The molecule has 0 saturated heterocycles. The van der Waals surface area contributed by atoms with Gasteiger partial charge in [0.2, 0.25) is 12.3 Å². The van der Waals surface area contributed by atoms with Gasteiger partial charge in [-0.2, -0.15) is 13.2 Å². The van der Waals surface area contributed by atoms with E-state index in [1.54, 1.807) is 12.1 Å². The zero-order chi connectivity index (χ0) is 32.0. The number of aliphatic imine (C=N–C) groups is 1. The van der Waals surface area contributed by atoms with Gasteiger partial charge in [-0.1, -0.05) is 52.5 Å². The predicted octanol–water partition coefficient (Wildman–Crippen LogP) is 6.35. The normalized spacial score (nSPS) is 13.1. The summed E-state index contributed by atoms with van der Waals surface area (Å²) in [4.78, 5) is 46.6. The molecule has 0 saturated carbocycles. The molecule has 0 fully saturated rings. The summed E-state index contributed by atoms with van der Waals surface area (Å²) in [5.74, 6) is -0.953. The van der Waals surface area contributed by atoms with Gasteiger partial charge in [-0.25, -0.2) is 14.8 Å². The van der Waals surface area contributed by atoms with E-state index in [1.807, 2.05) is 0 Å². The van der Waals surface area contributed by atoms with Crippen LogP contribution in [0.25, 0.3) is 0 Å². The maximum Gasteiger partial charge on any atom is 0.433 e. The number of pyridine rings is 1. The number of unbranched alkanes of at least 4 members (excludes halogenated alkanes) is 1. The van der Waals surface area contributed by atoms with E-state index in [-0.39, 0.29) is 30.6 Å².